The Kier molecular flexibility index (Phi) is 10.9. The maximum atomic E-state index is 14.4. The molecule has 57 heavy (non-hydrogen) atoms. The number of hydrazine groups is 1. The largest absolute Gasteiger partial charge is 0.383 e. The van der Waals surface area contributed by atoms with Crippen molar-refractivity contribution >= 4 is 40.3 Å². The van der Waals surface area contributed by atoms with Crippen LogP contribution in [0.5, 0.6) is 0 Å². The fraction of sp³-hybridized carbons (Fsp3) is 0.409. The van der Waals surface area contributed by atoms with E-state index in [1.807, 2.05) is 50.2 Å². The zero-order valence-electron chi connectivity index (χ0n) is 33.1. The average molecular weight is 779 g/mol. The maximum absolute atomic E-state index is 14.4. The number of fused-ring (bicyclic) bond motifs is 2. The molecule has 300 valence electrons. The first-order valence-corrected chi connectivity index (χ1v) is 19.8. The predicted octanol–water partition coefficient (Wildman–Crippen LogP) is 6.01. The number of ether oxygens (including phenoxy) is 1. The van der Waals surface area contributed by atoms with Crippen molar-refractivity contribution in [2.45, 2.75) is 63.1 Å². The van der Waals surface area contributed by atoms with Gasteiger partial charge in [-0.05, 0) is 92.9 Å². The van der Waals surface area contributed by atoms with Crippen LogP contribution in [-0.4, -0.2) is 93.0 Å². The zero-order valence-corrected chi connectivity index (χ0v) is 33.1. The minimum Gasteiger partial charge on any atom is -0.383 e. The van der Waals surface area contributed by atoms with Crippen molar-refractivity contribution in [3.63, 3.8) is 0 Å². The lowest BCUT2D eigenvalue weighted by Crippen LogP contribution is -2.59. The lowest BCUT2D eigenvalue weighted by Gasteiger charge is -2.48. The van der Waals surface area contributed by atoms with Crippen LogP contribution in [0.2, 0.25) is 0 Å². The first-order chi connectivity index (χ1) is 27.5. The molecular formula is C44H52F2N8O3. The van der Waals surface area contributed by atoms with Crippen LogP contribution < -0.4 is 31.6 Å². The smallest absolute Gasteiger partial charge is 0.247 e. The van der Waals surface area contributed by atoms with Crippen LogP contribution in [0, 0.1) is 25.5 Å². The van der Waals surface area contributed by atoms with E-state index in [9.17, 15) is 18.4 Å². The number of hydrogen-bond acceptors (Lipinski definition) is 9. The highest BCUT2D eigenvalue weighted by atomic mass is 19.1. The van der Waals surface area contributed by atoms with E-state index >= 15 is 0 Å². The monoisotopic (exact) mass is 778 g/mol. The van der Waals surface area contributed by atoms with Crippen molar-refractivity contribution in [1.29, 1.82) is 0 Å². The van der Waals surface area contributed by atoms with E-state index in [-0.39, 0.29) is 34.9 Å². The number of nitrogens with zero attached hydrogens (tertiary/aromatic N) is 3. The van der Waals surface area contributed by atoms with E-state index in [2.05, 4.69) is 60.7 Å². The lowest BCUT2D eigenvalue weighted by molar-refractivity contribution is -0.117. The Labute approximate surface area is 333 Å². The van der Waals surface area contributed by atoms with Gasteiger partial charge in [0.05, 0.1) is 13.3 Å². The Balaban J connectivity index is 0.839. The maximum Gasteiger partial charge on any atom is 0.247 e. The number of methoxy groups -OCH3 is 1. The van der Waals surface area contributed by atoms with E-state index in [0.717, 1.165) is 78.5 Å². The van der Waals surface area contributed by atoms with Crippen molar-refractivity contribution in [2.24, 2.45) is 0 Å². The number of hydrogen-bond donors (Lipinski definition) is 5. The summed E-state index contributed by atoms with van der Waals surface area (Å²) in [6, 6.07) is 21.3. The van der Waals surface area contributed by atoms with Gasteiger partial charge in [0.25, 0.3) is 0 Å². The van der Waals surface area contributed by atoms with Crippen LogP contribution in [0.15, 0.2) is 72.8 Å². The van der Waals surface area contributed by atoms with Gasteiger partial charge in [0.2, 0.25) is 11.8 Å². The Morgan fingerprint density at radius 2 is 1.42 bits per heavy atom. The first kappa shape index (κ1) is 38.8. The van der Waals surface area contributed by atoms with Gasteiger partial charge in [0, 0.05) is 97.2 Å². The highest BCUT2D eigenvalue weighted by Crippen LogP contribution is 2.35. The second-order valence-electron chi connectivity index (χ2n) is 16.2. The fourth-order valence-corrected chi connectivity index (χ4v) is 9.02. The van der Waals surface area contributed by atoms with E-state index in [1.54, 1.807) is 19.2 Å². The highest BCUT2D eigenvalue weighted by molar-refractivity contribution is 5.99. The molecule has 0 radical (unpaired) electrons. The third-order valence-electron chi connectivity index (χ3n) is 12.4. The molecule has 0 saturated carbocycles. The molecular weight excluding hydrogens is 727 g/mol. The molecule has 2 saturated heterocycles. The molecule has 4 aliphatic rings. The van der Waals surface area contributed by atoms with Crippen molar-refractivity contribution in [1.82, 2.24) is 15.3 Å². The van der Waals surface area contributed by atoms with Gasteiger partial charge in [-0.2, -0.15) is 0 Å². The predicted molar refractivity (Wildman–Crippen MR) is 221 cm³/mol. The van der Waals surface area contributed by atoms with E-state index < -0.39 is 12.1 Å². The number of carbonyl (C=O) groups excluding carboxylic acids is 2. The normalized spacial score (nSPS) is 21.2. The number of nitrogens with one attached hydrogen (secondary N) is 5. The van der Waals surface area contributed by atoms with Crippen molar-refractivity contribution in [3.05, 3.63) is 112 Å². The summed E-state index contributed by atoms with van der Waals surface area (Å²) in [7, 11) is 3.93. The molecule has 0 spiro atoms. The van der Waals surface area contributed by atoms with Crippen LogP contribution in [-0.2, 0) is 27.2 Å². The summed E-state index contributed by atoms with van der Waals surface area (Å²) in [5.74, 6) is -0.697. The number of piperidine rings is 1. The number of rotatable bonds is 11. The SMILES string of the molecule is COCC1(N(C)CN2CC(c3cccc(NC(=O)C4Cc5c(F)ccc(C)c5N4)c3)CN2)CCN(c2cccc(NC(=O)C3Cc4c(F)ccc(C)c4N3)c2)CC1. The quantitative estimate of drug-likeness (QED) is 0.125. The second kappa shape index (κ2) is 16.0. The van der Waals surface area contributed by atoms with Crippen LogP contribution >= 0.6 is 0 Å². The summed E-state index contributed by atoms with van der Waals surface area (Å²) in [6.07, 6.45) is 2.43. The van der Waals surface area contributed by atoms with Gasteiger partial charge < -0.3 is 30.9 Å². The number of likely N-dealkylation sites (N-methyl/N-ethyl adjacent to an activating group) is 1. The number of aryl methyl sites for hydroxylation is 2. The Hall–Kier alpha value is -5.08. The van der Waals surface area contributed by atoms with Crippen LogP contribution in [0.3, 0.4) is 0 Å². The van der Waals surface area contributed by atoms with Crippen molar-refractivity contribution in [3.8, 4) is 0 Å². The molecule has 0 aliphatic carbocycles. The minimum atomic E-state index is -0.533. The van der Waals surface area contributed by atoms with Gasteiger partial charge in [0.1, 0.15) is 23.7 Å². The van der Waals surface area contributed by atoms with E-state index in [4.69, 9.17) is 4.74 Å². The van der Waals surface area contributed by atoms with Gasteiger partial charge in [-0.3, -0.25) is 19.9 Å². The summed E-state index contributed by atoms with van der Waals surface area (Å²) in [5, 5.41) is 14.8. The molecule has 8 rings (SSSR count). The lowest BCUT2D eigenvalue weighted by atomic mass is 9.86. The van der Waals surface area contributed by atoms with Crippen molar-refractivity contribution < 1.29 is 23.1 Å². The number of benzene rings is 4. The molecule has 4 heterocycles. The third-order valence-corrected chi connectivity index (χ3v) is 12.4. The molecule has 4 aromatic carbocycles. The zero-order chi connectivity index (χ0) is 39.8. The summed E-state index contributed by atoms with van der Waals surface area (Å²) in [5.41, 5.74) is 11.5. The molecule has 0 bridgehead atoms. The molecule has 3 unspecified atom stereocenters. The second-order valence-corrected chi connectivity index (χ2v) is 16.2. The van der Waals surface area contributed by atoms with Crippen LogP contribution in [0.4, 0.5) is 37.2 Å². The van der Waals surface area contributed by atoms with E-state index in [0.29, 0.717) is 42.9 Å². The molecule has 13 heteroatoms. The van der Waals surface area contributed by atoms with Crippen LogP contribution in [0.1, 0.15) is 46.6 Å². The molecule has 2 amide bonds. The van der Waals surface area contributed by atoms with Crippen LogP contribution in [0.25, 0.3) is 0 Å². The summed E-state index contributed by atoms with van der Waals surface area (Å²) < 4.78 is 34.7. The summed E-state index contributed by atoms with van der Waals surface area (Å²) in [6.45, 7) is 8.40. The molecule has 4 aliphatic heterocycles. The van der Waals surface area contributed by atoms with Gasteiger partial charge in [-0.25, -0.2) is 13.8 Å². The molecule has 2 fully saturated rings. The highest BCUT2D eigenvalue weighted by Gasteiger charge is 2.40. The topological polar surface area (TPSA) is 113 Å². The molecule has 0 aromatic heterocycles. The average Bonchev–Trinajstić information content (AvgIpc) is 3.99. The standard InChI is InChI=1S/C44H52F2N8O3/c1-27-11-13-36(45)34-21-38(50-40(27)34)42(55)48-31-8-5-7-29(19-31)30-23-47-54(24-30)26-52(3)44(25-57-4)15-17-53(18-16-44)33-10-6-9-32(20-33)49-43(56)39-22-35-37(46)14-12-28(2)41(35)51-39/h5-14,19-20,30,38-39,47,50-51H,15-18,21-26H2,1-4H3,(H,48,55)(H,49,56). The van der Waals surface area contributed by atoms with Gasteiger partial charge in [-0.15, -0.1) is 0 Å². The Morgan fingerprint density at radius 1 is 0.842 bits per heavy atom. The van der Waals surface area contributed by atoms with Gasteiger partial charge >= 0.3 is 0 Å². The minimum absolute atomic E-state index is 0.160. The molecule has 3 atom stereocenters. The van der Waals surface area contributed by atoms with E-state index in [1.165, 1.54) is 12.1 Å². The molecule has 4 aromatic rings. The fourth-order valence-electron chi connectivity index (χ4n) is 9.02. The van der Waals surface area contributed by atoms with Crippen molar-refractivity contribution in [2.75, 3.05) is 79.8 Å². The third kappa shape index (κ3) is 7.94. The molecule has 5 N–H and O–H groups in total. The number of halogens is 2. The summed E-state index contributed by atoms with van der Waals surface area (Å²) in [4.78, 5) is 31.2. The Bertz CT molecular complexity index is 2100. The molecule has 11 nitrogen and oxygen atoms in total. The summed E-state index contributed by atoms with van der Waals surface area (Å²) >= 11 is 0. The van der Waals surface area contributed by atoms with Gasteiger partial charge in [-0.1, -0.05) is 30.3 Å². The Morgan fingerprint density at radius 3 is 2.00 bits per heavy atom. The number of amides is 2. The number of carbonyl (C=O) groups is 2. The van der Waals surface area contributed by atoms with Gasteiger partial charge in [0.15, 0.2) is 0 Å². The number of anilines is 5. The first-order valence-electron chi connectivity index (χ1n) is 19.8.